The monoisotopic (exact) mass is 281 g/mol. The van der Waals surface area contributed by atoms with Gasteiger partial charge in [0, 0.05) is 4.90 Å². The molecule has 1 aromatic heterocycles. The molecule has 0 amide bonds. The average molecular weight is 281 g/mol. The van der Waals surface area contributed by atoms with E-state index in [1.54, 1.807) is 16.4 Å². The number of rotatable bonds is 3. The summed E-state index contributed by atoms with van der Waals surface area (Å²) in [6.07, 6.45) is 1.81. The van der Waals surface area contributed by atoms with E-state index >= 15 is 0 Å². The number of aromatic nitrogens is 2. The van der Waals surface area contributed by atoms with Crippen LogP contribution in [0, 0.1) is 6.92 Å². The van der Waals surface area contributed by atoms with Crippen LogP contribution in [0.15, 0.2) is 70.6 Å². The molecule has 20 heavy (non-hydrogen) atoms. The summed E-state index contributed by atoms with van der Waals surface area (Å²) in [6, 6.07) is 18.3. The minimum absolute atomic E-state index is 0.668. The second-order valence-corrected chi connectivity index (χ2v) is 5.67. The van der Waals surface area contributed by atoms with Gasteiger partial charge in [-0.05, 0) is 31.2 Å². The van der Waals surface area contributed by atoms with Crippen molar-refractivity contribution in [3.8, 4) is 5.69 Å². The van der Waals surface area contributed by atoms with Crippen molar-refractivity contribution >= 4 is 17.6 Å². The van der Waals surface area contributed by atoms with Crippen LogP contribution in [0.2, 0.25) is 0 Å². The van der Waals surface area contributed by atoms with E-state index in [0.717, 1.165) is 15.5 Å². The number of nitrogen functional groups attached to an aromatic ring is 1. The molecule has 0 aliphatic rings. The zero-order valence-corrected chi connectivity index (χ0v) is 12.0. The molecule has 0 bridgehead atoms. The van der Waals surface area contributed by atoms with Crippen LogP contribution in [0.5, 0.6) is 0 Å². The highest BCUT2D eigenvalue weighted by atomic mass is 32.2. The van der Waals surface area contributed by atoms with E-state index in [4.69, 9.17) is 5.73 Å². The number of benzene rings is 2. The zero-order chi connectivity index (χ0) is 13.9. The van der Waals surface area contributed by atoms with E-state index in [-0.39, 0.29) is 0 Å². The molecule has 0 atom stereocenters. The normalized spacial score (nSPS) is 10.7. The Morgan fingerprint density at radius 3 is 2.40 bits per heavy atom. The predicted molar refractivity (Wildman–Crippen MR) is 83.3 cm³/mol. The molecule has 3 aromatic rings. The summed E-state index contributed by atoms with van der Waals surface area (Å²) in [6.45, 7) is 2.08. The summed E-state index contributed by atoms with van der Waals surface area (Å²) in [5.74, 6) is 0.668. The second-order valence-electron chi connectivity index (χ2n) is 4.56. The van der Waals surface area contributed by atoms with Crippen molar-refractivity contribution in [2.45, 2.75) is 16.7 Å². The number of aryl methyl sites for hydroxylation is 1. The molecule has 0 saturated carbocycles. The summed E-state index contributed by atoms with van der Waals surface area (Å²) in [7, 11) is 0. The summed E-state index contributed by atoms with van der Waals surface area (Å²) < 4.78 is 1.76. The van der Waals surface area contributed by atoms with Crippen molar-refractivity contribution in [2.75, 3.05) is 5.73 Å². The Morgan fingerprint density at radius 1 is 1.00 bits per heavy atom. The molecule has 3 rings (SSSR count). The van der Waals surface area contributed by atoms with E-state index in [1.165, 1.54) is 5.56 Å². The smallest absolute Gasteiger partial charge is 0.141 e. The van der Waals surface area contributed by atoms with Gasteiger partial charge >= 0.3 is 0 Å². The maximum atomic E-state index is 6.19. The largest absolute Gasteiger partial charge is 0.383 e. The van der Waals surface area contributed by atoms with E-state index < -0.39 is 0 Å². The van der Waals surface area contributed by atoms with Crippen molar-refractivity contribution in [2.24, 2.45) is 0 Å². The lowest BCUT2D eigenvalue weighted by molar-refractivity contribution is 0.891. The van der Waals surface area contributed by atoms with Gasteiger partial charge in [-0.3, -0.25) is 0 Å². The Morgan fingerprint density at radius 2 is 1.70 bits per heavy atom. The molecular weight excluding hydrogens is 266 g/mol. The zero-order valence-electron chi connectivity index (χ0n) is 11.2. The van der Waals surface area contributed by atoms with Crippen molar-refractivity contribution in [1.29, 1.82) is 0 Å². The molecule has 100 valence electrons. The molecule has 0 saturated heterocycles. The molecule has 0 aliphatic carbocycles. The number of anilines is 1. The Hall–Kier alpha value is -2.20. The van der Waals surface area contributed by atoms with Crippen molar-refractivity contribution in [3.05, 3.63) is 66.4 Å². The van der Waals surface area contributed by atoms with Crippen LogP contribution in [0.1, 0.15) is 5.56 Å². The topological polar surface area (TPSA) is 43.8 Å². The van der Waals surface area contributed by atoms with E-state index in [9.17, 15) is 0 Å². The third kappa shape index (κ3) is 2.56. The minimum Gasteiger partial charge on any atom is -0.383 e. The highest BCUT2D eigenvalue weighted by Gasteiger charge is 2.10. The molecule has 0 fully saturated rings. The number of nitrogens with zero attached hydrogens (tertiary/aromatic N) is 2. The molecule has 2 N–H and O–H groups in total. The van der Waals surface area contributed by atoms with Gasteiger partial charge in [-0.1, -0.05) is 47.7 Å². The van der Waals surface area contributed by atoms with Gasteiger partial charge in [-0.2, -0.15) is 5.10 Å². The first-order chi connectivity index (χ1) is 9.74. The van der Waals surface area contributed by atoms with Crippen LogP contribution in [0.3, 0.4) is 0 Å². The lowest BCUT2D eigenvalue weighted by Crippen LogP contribution is -2.01. The molecule has 1 heterocycles. The lowest BCUT2D eigenvalue weighted by atomic mass is 10.2. The second kappa shape index (κ2) is 5.43. The average Bonchev–Trinajstić information content (AvgIpc) is 2.84. The van der Waals surface area contributed by atoms with E-state index in [2.05, 4.69) is 36.3 Å². The fourth-order valence-electron chi connectivity index (χ4n) is 1.93. The molecule has 4 heteroatoms. The molecule has 0 spiro atoms. The molecule has 2 aromatic carbocycles. The third-order valence-corrected chi connectivity index (χ3v) is 4.06. The van der Waals surface area contributed by atoms with E-state index in [0.29, 0.717) is 5.82 Å². The predicted octanol–water partition coefficient (Wildman–Crippen LogP) is 3.91. The number of hydrogen-bond donors (Lipinski definition) is 1. The summed E-state index contributed by atoms with van der Waals surface area (Å²) >= 11 is 1.63. The van der Waals surface area contributed by atoms with Gasteiger partial charge in [0.15, 0.2) is 0 Å². The maximum Gasteiger partial charge on any atom is 0.141 e. The number of nitrogens with two attached hydrogens (primary N) is 1. The summed E-state index contributed by atoms with van der Waals surface area (Å²) in [5, 5.41) is 4.37. The standard InChI is InChI=1S/C16H15N3S/c1-12-7-9-14(10-8-12)20-15-11-18-19(16(15)17)13-5-3-2-4-6-13/h2-11H,17H2,1H3. The molecular formula is C16H15N3S. The maximum absolute atomic E-state index is 6.19. The lowest BCUT2D eigenvalue weighted by Gasteiger charge is -2.05. The Balaban J connectivity index is 1.89. The van der Waals surface area contributed by atoms with Gasteiger partial charge in [-0.25, -0.2) is 4.68 Å². The van der Waals surface area contributed by atoms with Crippen LogP contribution in [0.4, 0.5) is 5.82 Å². The quantitative estimate of drug-likeness (QED) is 0.791. The van der Waals surface area contributed by atoms with Gasteiger partial charge in [0.05, 0.1) is 16.8 Å². The van der Waals surface area contributed by atoms with Gasteiger partial charge in [0.2, 0.25) is 0 Å². The van der Waals surface area contributed by atoms with Crippen molar-refractivity contribution in [1.82, 2.24) is 9.78 Å². The molecule has 0 radical (unpaired) electrons. The first-order valence-corrected chi connectivity index (χ1v) is 7.19. The van der Waals surface area contributed by atoms with Crippen molar-refractivity contribution < 1.29 is 0 Å². The Labute approximate surface area is 122 Å². The van der Waals surface area contributed by atoms with Crippen LogP contribution in [-0.4, -0.2) is 9.78 Å². The molecule has 0 unspecified atom stereocenters. The van der Waals surface area contributed by atoms with E-state index in [1.807, 2.05) is 36.5 Å². The summed E-state index contributed by atoms with van der Waals surface area (Å²) in [4.78, 5) is 2.13. The molecule has 0 aliphatic heterocycles. The highest BCUT2D eigenvalue weighted by Crippen LogP contribution is 2.32. The SMILES string of the molecule is Cc1ccc(Sc2cnn(-c3ccccc3)c2N)cc1. The number of hydrogen-bond acceptors (Lipinski definition) is 3. The molecule has 3 nitrogen and oxygen atoms in total. The van der Waals surface area contributed by atoms with Crippen LogP contribution in [0.25, 0.3) is 5.69 Å². The number of para-hydroxylation sites is 1. The fourth-order valence-corrected chi connectivity index (χ4v) is 2.75. The van der Waals surface area contributed by atoms with Gasteiger partial charge in [-0.15, -0.1) is 0 Å². The highest BCUT2D eigenvalue weighted by molar-refractivity contribution is 7.99. The Bertz CT molecular complexity index is 702. The Kier molecular flexibility index (Phi) is 3.48. The van der Waals surface area contributed by atoms with Crippen molar-refractivity contribution in [3.63, 3.8) is 0 Å². The van der Waals surface area contributed by atoms with Crippen LogP contribution >= 0.6 is 11.8 Å². The first-order valence-electron chi connectivity index (χ1n) is 6.37. The summed E-state index contributed by atoms with van der Waals surface area (Å²) in [5.41, 5.74) is 8.42. The third-order valence-electron chi connectivity index (χ3n) is 3.02. The van der Waals surface area contributed by atoms with Gasteiger partial charge in [0.25, 0.3) is 0 Å². The van der Waals surface area contributed by atoms with Gasteiger partial charge in [0.1, 0.15) is 5.82 Å². The minimum atomic E-state index is 0.668. The van der Waals surface area contributed by atoms with Crippen LogP contribution < -0.4 is 5.73 Å². The first kappa shape index (κ1) is 12.8. The van der Waals surface area contributed by atoms with Crippen LogP contribution in [-0.2, 0) is 0 Å². The fraction of sp³-hybridized carbons (Fsp3) is 0.0625. The van der Waals surface area contributed by atoms with Gasteiger partial charge < -0.3 is 5.73 Å².